The van der Waals surface area contributed by atoms with E-state index in [9.17, 15) is 4.79 Å². The van der Waals surface area contributed by atoms with Crippen molar-refractivity contribution in [2.45, 2.75) is 12.5 Å². The van der Waals surface area contributed by atoms with Crippen molar-refractivity contribution in [2.24, 2.45) is 0 Å². The third-order valence-electron chi connectivity index (χ3n) is 4.07. The van der Waals surface area contributed by atoms with Gasteiger partial charge in [0.15, 0.2) is 0 Å². The predicted octanol–water partition coefficient (Wildman–Crippen LogP) is 2.19. The second kappa shape index (κ2) is 6.26. The van der Waals surface area contributed by atoms with Gasteiger partial charge in [-0.05, 0) is 31.2 Å². The van der Waals surface area contributed by atoms with Gasteiger partial charge in [-0.1, -0.05) is 18.2 Å². The highest BCUT2D eigenvalue weighted by molar-refractivity contribution is 7.20. The lowest BCUT2D eigenvalue weighted by molar-refractivity contribution is 0.0967. The summed E-state index contributed by atoms with van der Waals surface area (Å²) in [5, 5.41) is 11.5. The monoisotopic (exact) mass is 342 g/mol. The number of nitrogens with zero attached hydrogens (tertiary/aromatic N) is 2. The maximum absolute atomic E-state index is 12.0. The van der Waals surface area contributed by atoms with Crippen LogP contribution in [0.1, 0.15) is 16.1 Å². The van der Waals surface area contributed by atoms with E-state index in [2.05, 4.69) is 15.7 Å². The Kier molecular flexibility index (Phi) is 3.95. The molecule has 7 heteroatoms. The fraction of sp³-hybridized carbons (Fsp3) is 0.294. The number of amides is 1. The standard InChI is InChI=1S/C17H18N4O2S/c1-18-15(22)14-9-13-16(23-12-7-8-19-10-12)20-21(17(13)24-14)11-5-3-2-4-6-11/h2-6,9,12,19H,7-8,10H2,1H3,(H,18,22)/t12-/m1/s1. The van der Waals surface area contributed by atoms with E-state index in [0.717, 1.165) is 35.4 Å². The first-order valence-corrected chi connectivity index (χ1v) is 8.75. The van der Waals surface area contributed by atoms with Gasteiger partial charge in [-0.3, -0.25) is 4.79 Å². The molecule has 1 fully saturated rings. The summed E-state index contributed by atoms with van der Waals surface area (Å²) in [6.45, 7) is 1.78. The molecule has 3 heterocycles. The summed E-state index contributed by atoms with van der Waals surface area (Å²) in [6, 6.07) is 11.8. The number of ether oxygens (including phenoxy) is 1. The summed E-state index contributed by atoms with van der Waals surface area (Å²) in [5.74, 6) is 0.498. The number of fused-ring (bicyclic) bond motifs is 1. The lowest BCUT2D eigenvalue weighted by Gasteiger charge is -2.09. The molecule has 0 bridgehead atoms. The van der Waals surface area contributed by atoms with Crippen molar-refractivity contribution in [3.63, 3.8) is 0 Å². The minimum Gasteiger partial charge on any atom is -0.471 e. The molecule has 0 aliphatic carbocycles. The molecule has 2 aromatic heterocycles. The van der Waals surface area contributed by atoms with Gasteiger partial charge in [-0.2, -0.15) is 0 Å². The Balaban J connectivity index is 1.82. The highest BCUT2D eigenvalue weighted by atomic mass is 32.1. The zero-order chi connectivity index (χ0) is 16.5. The Morgan fingerprint density at radius 3 is 2.96 bits per heavy atom. The highest BCUT2D eigenvalue weighted by Crippen LogP contribution is 2.35. The van der Waals surface area contributed by atoms with E-state index in [1.54, 1.807) is 7.05 Å². The quantitative estimate of drug-likeness (QED) is 0.763. The highest BCUT2D eigenvalue weighted by Gasteiger charge is 2.23. The second-order valence-corrected chi connectivity index (χ2v) is 6.72. The molecule has 1 saturated heterocycles. The number of thiophene rings is 1. The van der Waals surface area contributed by atoms with Gasteiger partial charge in [-0.15, -0.1) is 16.4 Å². The molecule has 2 N–H and O–H groups in total. The number of aromatic nitrogens is 2. The smallest absolute Gasteiger partial charge is 0.261 e. The number of para-hydroxylation sites is 1. The molecule has 0 saturated carbocycles. The molecule has 1 atom stereocenters. The van der Waals surface area contributed by atoms with Gasteiger partial charge in [-0.25, -0.2) is 4.68 Å². The molecule has 24 heavy (non-hydrogen) atoms. The SMILES string of the molecule is CNC(=O)c1cc2c(O[C@@H]3CCNC3)nn(-c3ccccc3)c2s1. The third kappa shape index (κ3) is 2.65. The van der Waals surface area contributed by atoms with Crippen LogP contribution in [0.2, 0.25) is 0 Å². The van der Waals surface area contributed by atoms with Crippen LogP contribution in [-0.2, 0) is 0 Å². The van der Waals surface area contributed by atoms with E-state index < -0.39 is 0 Å². The second-order valence-electron chi connectivity index (χ2n) is 5.69. The van der Waals surface area contributed by atoms with E-state index in [1.165, 1.54) is 11.3 Å². The van der Waals surface area contributed by atoms with Gasteiger partial charge in [0.1, 0.15) is 10.9 Å². The van der Waals surface area contributed by atoms with Crippen molar-refractivity contribution < 1.29 is 9.53 Å². The number of carbonyl (C=O) groups excluding carboxylic acids is 1. The maximum Gasteiger partial charge on any atom is 0.261 e. The molecule has 124 valence electrons. The molecule has 1 aliphatic rings. The molecule has 1 amide bonds. The molecule has 4 rings (SSSR count). The van der Waals surface area contributed by atoms with Crippen molar-refractivity contribution in [3.8, 4) is 11.6 Å². The van der Waals surface area contributed by atoms with Crippen LogP contribution in [0.15, 0.2) is 36.4 Å². The predicted molar refractivity (Wildman–Crippen MR) is 94.2 cm³/mol. The first kappa shape index (κ1) is 15.2. The normalized spacial score (nSPS) is 17.3. The minimum absolute atomic E-state index is 0.0932. The fourth-order valence-electron chi connectivity index (χ4n) is 2.84. The molecule has 1 aromatic carbocycles. The van der Waals surface area contributed by atoms with Crippen LogP contribution in [0.25, 0.3) is 15.9 Å². The lowest BCUT2D eigenvalue weighted by Crippen LogP contribution is -2.20. The fourth-order valence-corrected chi connectivity index (χ4v) is 3.90. The van der Waals surface area contributed by atoms with E-state index >= 15 is 0 Å². The Hall–Kier alpha value is -2.38. The summed E-state index contributed by atoms with van der Waals surface area (Å²) < 4.78 is 7.95. The van der Waals surface area contributed by atoms with Crippen LogP contribution >= 0.6 is 11.3 Å². The molecule has 3 aromatic rings. The van der Waals surface area contributed by atoms with Gasteiger partial charge in [0.25, 0.3) is 5.91 Å². The van der Waals surface area contributed by atoms with E-state index in [1.807, 2.05) is 41.1 Å². The van der Waals surface area contributed by atoms with Crippen molar-refractivity contribution in [1.29, 1.82) is 0 Å². The van der Waals surface area contributed by atoms with Crippen molar-refractivity contribution in [2.75, 3.05) is 20.1 Å². The summed E-state index contributed by atoms with van der Waals surface area (Å²) in [6.07, 6.45) is 1.09. The maximum atomic E-state index is 12.0. The van der Waals surface area contributed by atoms with Crippen LogP contribution in [0, 0.1) is 0 Å². The third-order valence-corrected chi connectivity index (χ3v) is 5.18. The zero-order valence-corrected chi connectivity index (χ0v) is 14.1. The molecule has 0 spiro atoms. The Bertz CT molecular complexity index is 865. The van der Waals surface area contributed by atoms with Crippen molar-refractivity contribution >= 4 is 27.5 Å². The Morgan fingerprint density at radius 2 is 2.25 bits per heavy atom. The van der Waals surface area contributed by atoms with Crippen molar-refractivity contribution in [3.05, 3.63) is 41.3 Å². The minimum atomic E-state index is -0.0932. The molecule has 0 radical (unpaired) electrons. The summed E-state index contributed by atoms with van der Waals surface area (Å²) in [7, 11) is 1.64. The van der Waals surface area contributed by atoms with Gasteiger partial charge in [0.2, 0.25) is 5.88 Å². The van der Waals surface area contributed by atoms with Gasteiger partial charge < -0.3 is 15.4 Å². The first-order chi connectivity index (χ1) is 11.8. The number of carbonyl (C=O) groups is 1. The lowest BCUT2D eigenvalue weighted by atomic mass is 10.3. The average molecular weight is 342 g/mol. The molecular formula is C17H18N4O2S. The van der Waals surface area contributed by atoms with Crippen LogP contribution < -0.4 is 15.4 Å². The Morgan fingerprint density at radius 1 is 1.42 bits per heavy atom. The van der Waals surface area contributed by atoms with Gasteiger partial charge in [0.05, 0.1) is 16.0 Å². The molecule has 6 nitrogen and oxygen atoms in total. The summed E-state index contributed by atoms with van der Waals surface area (Å²) in [5.41, 5.74) is 0.951. The number of rotatable bonds is 4. The van der Waals surface area contributed by atoms with Gasteiger partial charge >= 0.3 is 0 Å². The summed E-state index contributed by atoms with van der Waals surface area (Å²) in [4.78, 5) is 13.6. The van der Waals surface area contributed by atoms with Crippen LogP contribution in [0.3, 0.4) is 0 Å². The number of benzene rings is 1. The number of nitrogens with one attached hydrogen (secondary N) is 2. The van der Waals surface area contributed by atoms with E-state index in [-0.39, 0.29) is 12.0 Å². The average Bonchev–Trinajstić information content (AvgIpc) is 3.33. The number of hydrogen-bond acceptors (Lipinski definition) is 5. The van der Waals surface area contributed by atoms with E-state index in [4.69, 9.17) is 4.74 Å². The first-order valence-electron chi connectivity index (χ1n) is 7.93. The Labute approximate surface area is 143 Å². The topological polar surface area (TPSA) is 68.2 Å². The van der Waals surface area contributed by atoms with Crippen LogP contribution in [-0.4, -0.2) is 41.9 Å². The zero-order valence-electron chi connectivity index (χ0n) is 13.3. The van der Waals surface area contributed by atoms with Gasteiger partial charge in [0, 0.05) is 13.6 Å². The molecular weight excluding hydrogens is 324 g/mol. The van der Waals surface area contributed by atoms with Crippen LogP contribution in [0.5, 0.6) is 5.88 Å². The van der Waals surface area contributed by atoms with Crippen LogP contribution in [0.4, 0.5) is 0 Å². The summed E-state index contributed by atoms with van der Waals surface area (Å²) >= 11 is 1.42. The van der Waals surface area contributed by atoms with Crippen molar-refractivity contribution in [1.82, 2.24) is 20.4 Å². The largest absolute Gasteiger partial charge is 0.471 e. The number of hydrogen-bond donors (Lipinski definition) is 2. The molecule has 1 aliphatic heterocycles. The molecule has 0 unspecified atom stereocenters. The van der Waals surface area contributed by atoms with E-state index in [0.29, 0.717) is 10.8 Å².